The third-order valence-electron chi connectivity index (χ3n) is 6.82. The van der Waals surface area contributed by atoms with Gasteiger partial charge >= 0.3 is 0 Å². The van der Waals surface area contributed by atoms with Crippen molar-refractivity contribution in [2.75, 3.05) is 5.73 Å². The highest BCUT2D eigenvalue weighted by molar-refractivity contribution is 5.89. The SMILES string of the molecule is CC(=O)NC12CC3CC(C1)C(c1c(N)[nH]c4ccccc14)C(C3)C2. The Kier molecular flexibility index (Phi) is 2.86. The van der Waals surface area contributed by atoms with Gasteiger partial charge in [-0.05, 0) is 61.8 Å². The molecule has 4 nitrogen and oxygen atoms in total. The summed E-state index contributed by atoms with van der Waals surface area (Å²) in [6.45, 7) is 1.66. The first-order valence-corrected chi connectivity index (χ1v) is 9.19. The third kappa shape index (κ3) is 1.95. The third-order valence-corrected chi connectivity index (χ3v) is 6.82. The number of hydrogen-bond donors (Lipinski definition) is 3. The lowest BCUT2D eigenvalue weighted by molar-refractivity contribution is -0.125. The standard InChI is InChI=1S/C20H25N3O/c1-11(24)23-20-8-12-6-13(9-20)17(14(7-12)10-20)18-15-4-2-3-5-16(15)22-19(18)21/h2-5,12-14,17,22H,6-10,21H2,1H3,(H,23,24). The minimum atomic E-state index is 0.0553. The van der Waals surface area contributed by atoms with Crippen LogP contribution in [0.5, 0.6) is 0 Å². The molecule has 2 unspecified atom stereocenters. The molecule has 4 N–H and O–H groups in total. The highest BCUT2D eigenvalue weighted by Crippen LogP contribution is 2.62. The van der Waals surface area contributed by atoms with Crippen molar-refractivity contribution in [2.24, 2.45) is 17.8 Å². The summed E-state index contributed by atoms with van der Waals surface area (Å²) in [7, 11) is 0. The second-order valence-electron chi connectivity index (χ2n) is 8.46. The highest BCUT2D eigenvalue weighted by Gasteiger charge is 2.56. The van der Waals surface area contributed by atoms with Crippen LogP contribution in [-0.2, 0) is 4.79 Å². The topological polar surface area (TPSA) is 70.9 Å². The number of rotatable bonds is 2. The molecular formula is C20H25N3O. The van der Waals surface area contributed by atoms with Crippen molar-refractivity contribution < 1.29 is 4.79 Å². The van der Waals surface area contributed by atoms with Crippen molar-refractivity contribution in [3.05, 3.63) is 29.8 Å². The number of carbonyl (C=O) groups excluding carboxylic acids is 1. The molecule has 4 fully saturated rings. The molecule has 4 saturated carbocycles. The Bertz CT molecular complexity index is 807. The zero-order chi connectivity index (χ0) is 16.5. The summed E-state index contributed by atoms with van der Waals surface area (Å²) < 4.78 is 0. The van der Waals surface area contributed by atoms with Crippen LogP contribution in [0.1, 0.15) is 50.5 Å². The van der Waals surface area contributed by atoms with Crippen LogP contribution in [-0.4, -0.2) is 16.4 Å². The number of benzene rings is 1. The van der Waals surface area contributed by atoms with E-state index < -0.39 is 0 Å². The molecule has 24 heavy (non-hydrogen) atoms. The van der Waals surface area contributed by atoms with E-state index >= 15 is 0 Å². The molecule has 2 aromatic rings. The van der Waals surface area contributed by atoms with Gasteiger partial charge in [-0.2, -0.15) is 0 Å². The van der Waals surface area contributed by atoms with Gasteiger partial charge < -0.3 is 16.0 Å². The number of nitrogens with two attached hydrogens (primary N) is 1. The van der Waals surface area contributed by atoms with Gasteiger partial charge in [0.05, 0.1) is 0 Å². The number of nitrogens with one attached hydrogen (secondary N) is 2. The van der Waals surface area contributed by atoms with Gasteiger partial charge in [0, 0.05) is 28.9 Å². The summed E-state index contributed by atoms with van der Waals surface area (Å²) in [5.74, 6) is 3.58. The van der Waals surface area contributed by atoms with E-state index in [1.54, 1.807) is 6.92 Å². The fraction of sp³-hybridized carbons (Fsp3) is 0.550. The van der Waals surface area contributed by atoms with Crippen molar-refractivity contribution in [3.63, 3.8) is 0 Å². The number of H-pyrrole nitrogens is 1. The zero-order valence-electron chi connectivity index (χ0n) is 14.1. The van der Waals surface area contributed by atoms with Gasteiger partial charge in [-0.1, -0.05) is 18.2 Å². The van der Waals surface area contributed by atoms with Gasteiger partial charge in [-0.15, -0.1) is 0 Å². The van der Waals surface area contributed by atoms with E-state index in [1.165, 1.54) is 30.2 Å². The van der Waals surface area contributed by atoms with Crippen molar-refractivity contribution in [1.82, 2.24) is 10.3 Å². The van der Waals surface area contributed by atoms with E-state index in [0.29, 0.717) is 17.8 Å². The predicted octanol–water partition coefficient (Wildman–Crippen LogP) is 3.55. The second-order valence-corrected chi connectivity index (χ2v) is 8.46. The summed E-state index contributed by atoms with van der Waals surface area (Å²) in [6.07, 6.45) is 5.99. The molecule has 4 aliphatic rings. The Hall–Kier alpha value is -1.97. The first-order valence-electron chi connectivity index (χ1n) is 9.19. The molecular weight excluding hydrogens is 298 g/mol. The normalized spacial score (nSPS) is 37.0. The summed E-state index contributed by atoms with van der Waals surface area (Å²) in [4.78, 5) is 15.1. The summed E-state index contributed by atoms with van der Waals surface area (Å²) in [5, 5.41) is 4.62. The Labute approximate surface area is 142 Å². The van der Waals surface area contributed by atoms with Crippen LogP contribution in [0.4, 0.5) is 5.82 Å². The summed E-state index contributed by atoms with van der Waals surface area (Å²) >= 11 is 0. The Morgan fingerprint density at radius 1 is 1.21 bits per heavy atom. The number of amides is 1. The first kappa shape index (κ1) is 14.4. The average molecular weight is 323 g/mol. The number of hydrogen-bond acceptors (Lipinski definition) is 2. The molecule has 1 heterocycles. The van der Waals surface area contributed by atoms with Crippen molar-refractivity contribution in [2.45, 2.75) is 50.5 Å². The number of nitrogen functional groups attached to an aromatic ring is 1. The molecule has 6 rings (SSSR count). The van der Waals surface area contributed by atoms with Gasteiger partial charge in [-0.25, -0.2) is 0 Å². The molecule has 2 atom stereocenters. The Morgan fingerprint density at radius 3 is 2.62 bits per heavy atom. The molecule has 0 radical (unpaired) electrons. The van der Waals surface area contributed by atoms with E-state index in [0.717, 1.165) is 30.1 Å². The molecule has 1 amide bonds. The maximum atomic E-state index is 11.7. The van der Waals surface area contributed by atoms with E-state index in [1.807, 2.05) is 0 Å². The van der Waals surface area contributed by atoms with Gasteiger partial charge in [0.25, 0.3) is 0 Å². The molecule has 1 aromatic heterocycles. The maximum absolute atomic E-state index is 11.7. The van der Waals surface area contributed by atoms with E-state index in [-0.39, 0.29) is 11.4 Å². The molecule has 126 valence electrons. The Morgan fingerprint density at radius 2 is 1.92 bits per heavy atom. The van der Waals surface area contributed by atoms with Crippen LogP contribution < -0.4 is 11.1 Å². The van der Waals surface area contributed by atoms with Crippen molar-refractivity contribution in [1.29, 1.82) is 0 Å². The fourth-order valence-corrected chi connectivity index (χ4v) is 6.57. The van der Waals surface area contributed by atoms with Gasteiger partial charge in [0.15, 0.2) is 0 Å². The van der Waals surface area contributed by atoms with Crippen LogP contribution in [0.3, 0.4) is 0 Å². The predicted molar refractivity (Wildman–Crippen MR) is 95.6 cm³/mol. The largest absolute Gasteiger partial charge is 0.385 e. The number of aromatic nitrogens is 1. The molecule has 4 bridgehead atoms. The lowest BCUT2D eigenvalue weighted by Crippen LogP contribution is -2.61. The van der Waals surface area contributed by atoms with Crippen LogP contribution in [0, 0.1) is 17.8 Å². The minimum Gasteiger partial charge on any atom is -0.385 e. The minimum absolute atomic E-state index is 0.0553. The smallest absolute Gasteiger partial charge is 0.217 e. The van der Waals surface area contributed by atoms with Crippen LogP contribution in [0.2, 0.25) is 0 Å². The first-order chi connectivity index (χ1) is 11.5. The molecule has 1 aromatic carbocycles. The van der Waals surface area contributed by atoms with Crippen LogP contribution >= 0.6 is 0 Å². The van der Waals surface area contributed by atoms with Gasteiger partial charge in [-0.3, -0.25) is 4.79 Å². The summed E-state index contributed by atoms with van der Waals surface area (Å²) in [6, 6.07) is 8.48. The van der Waals surface area contributed by atoms with E-state index in [9.17, 15) is 4.79 Å². The number of para-hydroxylation sites is 1. The zero-order valence-corrected chi connectivity index (χ0v) is 14.1. The molecule has 0 spiro atoms. The molecule has 0 saturated heterocycles. The molecule has 4 aliphatic carbocycles. The number of carbonyl (C=O) groups is 1. The van der Waals surface area contributed by atoms with Crippen molar-refractivity contribution in [3.8, 4) is 0 Å². The number of anilines is 1. The maximum Gasteiger partial charge on any atom is 0.217 e. The lowest BCUT2D eigenvalue weighted by atomic mass is 9.48. The fourth-order valence-electron chi connectivity index (χ4n) is 6.57. The van der Waals surface area contributed by atoms with Gasteiger partial charge in [0.2, 0.25) is 5.91 Å². The second kappa shape index (κ2) is 4.78. The number of aromatic amines is 1. The Balaban J connectivity index is 1.57. The van der Waals surface area contributed by atoms with Crippen LogP contribution in [0.15, 0.2) is 24.3 Å². The van der Waals surface area contributed by atoms with Crippen LogP contribution in [0.25, 0.3) is 10.9 Å². The average Bonchev–Trinajstić information content (AvgIpc) is 2.81. The number of fused-ring (bicyclic) bond motifs is 1. The molecule has 0 aliphatic heterocycles. The monoisotopic (exact) mass is 323 g/mol. The van der Waals surface area contributed by atoms with Crippen molar-refractivity contribution >= 4 is 22.6 Å². The van der Waals surface area contributed by atoms with E-state index in [2.05, 4.69) is 34.6 Å². The molecule has 4 heteroatoms. The quantitative estimate of drug-likeness (QED) is 0.791. The summed E-state index contributed by atoms with van der Waals surface area (Å²) in [5.41, 5.74) is 8.97. The van der Waals surface area contributed by atoms with Gasteiger partial charge in [0.1, 0.15) is 5.82 Å². The highest BCUT2D eigenvalue weighted by atomic mass is 16.1. The van der Waals surface area contributed by atoms with E-state index in [4.69, 9.17) is 5.73 Å². The lowest BCUT2D eigenvalue weighted by Gasteiger charge is -2.60.